The molecule has 2 heterocycles. The van der Waals surface area contributed by atoms with Gasteiger partial charge in [-0.3, -0.25) is 19.2 Å². The molecule has 2 saturated heterocycles. The first-order valence-electron chi connectivity index (χ1n) is 20.0. The minimum Gasteiger partial charge on any atom is -0.469 e. The Hall–Kier alpha value is -2.82. The van der Waals surface area contributed by atoms with Gasteiger partial charge in [-0.15, -0.1) is 0 Å². The number of hydrogen-bond acceptors (Lipinski definition) is 10. The molecule has 6 aliphatic carbocycles. The van der Waals surface area contributed by atoms with Crippen LogP contribution in [0.4, 0.5) is 0 Å². The average Bonchev–Trinajstić information content (AvgIpc) is 4.03. The van der Waals surface area contributed by atoms with Gasteiger partial charge in [0.2, 0.25) is 0 Å². The lowest BCUT2D eigenvalue weighted by Gasteiger charge is -2.53. The summed E-state index contributed by atoms with van der Waals surface area (Å²) in [5.74, 6) is 1.55. The lowest BCUT2D eigenvalue weighted by atomic mass is 9.50. The zero-order valence-corrected chi connectivity index (χ0v) is 32.0. The molecule has 8 aliphatic rings. The van der Waals surface area contributed by atoms with Crippen molar-refractivity contribution < 1.29 is 38.1 Å². The van der Waals surface area contributed by atoms with Crippen LogP contribution < -0.4 is 0 Å². The fourth-order valence-electron chi connectivity index (χ4n) is 13.7. The highest BCUT2D eigenvalue weighted by atomic mass is 16.6. The highest BCUT2D eigenvalue weighted by Crippen LogP contribution is 2.66. The molecule has 8 rings (SSSR count). The fourth-order valence-corrected chi connectivity index (χ4v) is 13.7. The third-order valence-corrected chi connectivity index (χ3v) is 16.8. The molecule has 0 radical (unpaired) electrons. The van der Waals surface area contributed by atoms with Crippen LogP contribution in [0.1, 0.15) is 118 Å². The molecule has 0 unspecified atom stereocenters. The molecule has 0 bridgehead atoms. The van der Waals surface area contributed by atoms with Gasteiger partial charge < -0.3 is 18.9 Å². The molecule has 0 aromatic rings. The van der Waals surface area contributed by atoms with Gasteiger partial charge in [-0.05, 0) is 123 Å². The molecular formula is C42H58N2O8. The van der Waals surface area contributed by atoms with E-state index >= 15 is 0 Å². The van der Waals surface area contributed by atoms with Crippen molar-refractivity contribution in [3.05, 3.63) is 0 Å². The maximum atomic E-state index is 13.0. The number of Topliss-reactive ketones (excluding diaryl/α,β-unsaturated/α-hetero) is 2. The number of hydrogen-bond donors (Lipinski definition) is 0. The molecule has 6 saturated carbocycles. The number of nitriles is 2. The van der Waals surface area contributed by atoms with E-state index in [-0.39, 0.29) is 105 Å². The Balaban J connectivity index is 0.000000162. The molecule has 0 amide bonds. The standard InChI is InChI=1S/2C21H29NO4/c2*1-20-9-6-14(21(2)10-7-16-17(26-16)18(21)23)12(8-11-22)13(20)4-5-15(20)19(24)25-3/h2*12-17H,4-10H2,1-3H3/t12-,13-,14-,15+,16+,17+,20-,21+;12-,13-,14-,15+,16-,17-,20-,21+/m00/s1. The van der Waals surface area contributed by atoms with Crippen LogP contribution in [-0.4, -0.2) is 62.1 Å². The Morgan fingerprint density at radius 2 is 1.00 bits per heavy atom. The normalized spacial score (nSPS) is 49.7. The van der Waals surface area contributed by atoms with Gasteiger partial charge in [0.15, 0.2) is 11.6 Å². The van der Waals surface area contributed by atoms with E-state index in [1.54, 1.807) is 0 Å². The summed E-state index contributed by atoms with van der Waals surface area (Å²) in [6.45, 7) is 8.63. The predicted octanol–water partition coefficient (Wildman–Crippen LogP) is 6.54. The van der Waals surface area contributed by atoms with Gasteiger partial charge in [0, 0.05) is 23.7 Å². The molecule has 52 heavy (non-hydrogen) atoms. The summed E-state index contributed by atoms with van der Waals surface area (Å²) in [5, 5.41) is 19.0. The number of epoxide rings is 2. The van der Waals surface area contributed by atoms with Crippen molar-refractivity contribution >= 4 is 23.5 Å². The van der Waals surface area contributed by atoms with Gasteiger partial charge in [0.25, 0.3) is 0 Å². The van der Waals surface area contributed by atoms with E-state index in [1.807, 2.05) is 0 Å². The highest BCUT2D eigenvalue weighted by molar-refractivity contribution is 5.93. The number of carbonyl (C=O) groups is 4. The summed E-state index contributed by atoms with van der Waals surface area (Å²) in [6.07, 6.45) is 11.7. The van der Waals surface area contributed by atoms with Crippen LogP contribution >= 0.6 is 0 Å². The van der Waals surface area contributed by atoms with Crippen LogP contribution in [0.2, 0.25) is 0 Å². The Bertz CT molecular complexity index is 1450. The molecule has 16 atom stereocenters. The van der Waals surface area contributed by atoms with E-state index in [9.17, 15) is 29.7 Å². The molecule has 0 aromatic heterocycles. The zero-order valence-electron chi connectivity index (χ0n) is 32.0. The van der Waals surface area contributed by atoms with Crippen LogP contribution in [0.5, 0.6) is 0 Å². The summed E-state index contributed by atoms with van der Waals surface area (Å²) in [5.41, 5.74) is -0.997. The van der Waals surface area contributed by atoms with Crippen molar-refractivity contribution in [1.82, 2.24) is 0 Å². The first-order chi connectivity index (χ1) is 24.7. The van der Waals surface area contributed by atoms with Crippen LogP contribution in [0, 0.1) is 91.7 Å². The lowest BCUT2D eigenvalue weighted by molar-refractivity contribution is -0.154. The van der Waals surface area contributed by atoms with Gasteiger partial charge in [-0.1, -0.05) is 27.7 Å². The Morgan fingerprint density at radius 3 is 1.35 bits per heavy atom. The first-order valence-corrected chi connectivity index (χ1v) is 20.0. The summed E-state index contributed by atoms with van der Waals surface area (Å²) in [6, 6.07) is 4.78. The average molecular weight is 719 g/mol. The van der Waals surface area contributed by atoms with Crippen LogP contribution in [-0.2, 0) is 38.1 Å². The van der Waals surface area contributed by atoms with Crippen molar-refractivity contribution in [1.29, 1.82) is 10.5 Å². The number of rotatable bonds is 6. The van der Waals surface area contributed by atoms with E-state index < -0.39 is 0 Å². The molecule has 2 aliphatic heterocycles. The number of nitrogens with zero attached hydrogens (tertiary/aromatic N) is 2. The third kappa shape index (κ3) is 5.67. The van der Waals surface area contributed by atoms with E-state index in [1.165, 1.54) is 14.2 Å². The van der Waals surface area contributed by atoms with E-state index in [0.29, 0.717) is 24.7 Å². The summed E-state index contributed by atoms with van der Waals surface area (Å²) in [7, 11) is 2.93. The quantitative estimate of drug-likeness (QED) is 0.218. The molecule has 0 N–H and O–H groups in total. The van der Waals surface area contributed by atoms with E-state index in [2.05, 4.69) is 39.8 Å². The van der Waals surface area contributed by atoms with Gasteiger partial charge in [-0.25, -0.2) is 0 Å². The van der Waals surface area contributed by atoms with Crippen molar-refractivity contribution in [3.63, 3.8) is 0 Å². The monoisotopic (exact) mass is 718 g/mol. The maximum absolute atomic E-state index is 13.0. The third-order valence-electron chi connectivity index (χ3n) is 16.8. The lowest BCUT2D eigenvalue weighted by Crippen LogP contribution is -2.52. The van der Waals surface area contributed by atoms with Gasteiger partial charge in [0.1, 0.15) is 12.2 Å². The SMILES string of the molecule is COC(=O)[C@H]1CC[C@H]2[C@H](CC#N)[C@@H]([C@@]3(C)CC[C@@H]4O[C@@H]4C3=O)CC[C@]12C.COC(=O)[C@H]1CC[C@H]2[C@H](CC#N)[C@@H]([C@@]3(C)CC[C@H]4O[C@H]4C3=O)CC[C@]12C. The molecular weight excluding hydrogens is 660 g/mol. The topological polar surface area (TPSA) is 159 Å². The summed E-state index contributed by atoms with van der Waals surface area (Å²) < 4.78 is 21.3. The second-order valence-corrected chi connectivity index (χ2v) is 18.7. The number of ketones is 2. The molecule has 10 heteroatoms. The van der Waals surface area contributed by atoms with Crippen LogP contribution in [0.25, 0.3) is 0 Å². The van der Waals surface area contributed by atoms with E-state index in [4.69, 9.17) is 18.9 Å². The maximum Gasteiger partial charge on any atom is 0.309 e. The van der Waals surface area contributed by atoms with Crippen molar-refractivity contribution in [2.24, 2.45) is 69.0 Å². The Morgan fingerprint density at radius 1 is 0.615 bits per heavy atom. The molecule has 0 aromatic carbocycles. The second-order valence-electron chi connectivity index (χ2n) is 18.7. The van der Waals surface area contributed by atoms with Crippen LogP contribution in [0.3, 0.4) is 0 Å². The molecule has 8 fully saturated rings. The number of fused-ring (bicyclic) bond motifs is 4. The molecule has 0 spiro atoms. The zero-order chi connectivity index (χ0) is 37.4. The highest BCUT2D eigenvalue weighted by Gasteiger charge is 2.65. The fraction of sp³-hybridized carbons (Fsp3) is 0.857. The molecule has 10 nitrogen and oxygen atoms in total. The number of esters is 2. The van der Waals surface area contributed by atoms with Crippen LogP contribution in [0.15, 0.2) is 0 Å². The van der Waals surface area contributed by atoms with Crippen molar-refractivity contribution in [2.75, 3.05) is 14.2 Å². The minimum atomic E-state index is -0.385. The Kier molecular flexibility index (Phi) is 9.72. The van der Waals surface area contributed by atoms with Gasteiger partial charge >= 0.3 is 11.9 Å². The van der Waals surface area contributed by atoms with Crippen molar-refractivity contribution in [3.8, 4) is 12.1 Å². The smallest absolute Gasteiger partial charge is 0.309 e. The second kappa shape index (κ2) is 13.5. The van der Waals surface area contributed by atoms with Gasteiger partial charge in [-0.2, -0.15) is 10.5 Å². The summed E-state index contributed by atoms with van der Waals surface area (Å²) >= 11 is 0. The minimum absolute atomic E-state index is 0.0781. The first kappa shape index (κ1) is 37.5. The Labute approximate surface area is 309 Å². The van der Waals surface area contributed by atoms with Gasteiger partial charge in [0.05, 0.1) is 50.4 Å². The largest absolute Gasteiger partial charge is 0.469 e. The van der Waals surface area contributed by atoms with E-state index in [0.717, 1.165) is 77.0 Å². The number of carbonyl (C=O) groups excluding carboxylic acids is 4. The number of ether oxygens (including phenoxy) is 4. The van der Waals surface area contributed by atoms with Crippen molar-refractivity contribution in [2.45, 2.75) is 142 Å². The molecule has 284 valence electrons. The number of methoxy groups -OCH3 is 2. The summed E-state index contributed by atoms with van der Waals surface area (Å²) in [4.78, 5) is 50.7. The predicted molar refractivity (Wildman–Crippen MR) is 188 cm³/mol.